The second kappa shape index (κ2) is 5.47. The second-order valence-corrected chi connectivity index (χ2v) is 3.45. The van der Waals surface area contributed by atoms with E-state index in [0.717, 1.165) is 0 Å². The van der Waals surface area contributed by atoms with E-state index in [2.05, 4.69) is 12.2 Å². The molecule has 0 saturated heterocycles. The maximum absolute atomic E-state index is 12.3. The number of aliphatic hydroxyl groups is 1. The van der Waals surface area contributed by atoms with Gasteiger partial charge in [-0.1, -0.05) is 12.2 Å². The zero-order valence-corrected chi connectivity index (χ0v) is 8.53. The van der Waals surface area contributed by atoms with Crippen molar-refractivity contribution in [2.24, 2.45) is 11.7 Å². The molecule has 0 heterocycles. The van der Waals surface area contributed by atoms with Gasteiger partial charge in [0.2, 0.25) is 0 Å². The van der Waals surface area contributed by atoms with Crippen molar-refractivity contribution in [2.75, 3.05) is 26.7 Å². The quantitative estimate of drug-likeness (QED) is 0.670. The Hall–Kier alpha value is -0.400. The van der Waals surface area contributed by atoms with Gasteiger partial charge in [-0.3, -0.25) is 0 Å². The second-order valence-electron chi connectivity index (χ2n) is 2.98. The Kier molecular flexibility index (Phi) is 5.32. The minimum absolute atomic E-state index is 0.162. The lowest BCUT2D eigenvalue weighted by Gasteiger charge is -2.24. The number of halogens is 3. The highest BCUT2D eigenvalue weighted by Crippen LogP contribution is 2.26. The molecule has 1 unspecified atom stereocenters. The van der Waals surface area contributed by atoms with Crippen LogP contribution in [0.25, 0.3) is 0 Å². The normalized spacial score (nSPS) is 14.4. The molecular formula is C7H13F3N2OS. The molecule has 84 valence electrons. The summed E-state index contributed by atoms with van der Waals surface area (Å²) in [6.45, 7) is -0.354. The minimum atomic E-state index is -4.42. The highest BCUT2D eigenvalue weighted by molar-refractivity contribution is 7.80. The van der Waals surface area contributed by atoms with Crippen LogP contribution in [-0.4, -0.2) is 47.9 Å². The summed E-state index contributed by atoms with van der Waals surface area (Å²) in [6, 6.07) is 0. The summed E-state index contributed by atoms with van der Waals surface area (Å²) in [6.07, 6.45) is -4.42. The fourth-order valence-electron chi connectivity index (χ4n) is 0.928. The third-order valence-electron chi connectivity index (χ3n) is 1.71. The van der Waals surface area contributed by atoms with Gasteiger partial charge in [0.15, 0.2) is 0 Å². The largest absolute Gasteiger partial charge is 0.399 e. The lowest BCUT2D eigenvalue weighted by atomic mass is 10.1. The van der Waals surface area contributed by atoms with Gasteiger partial charge in [0.25, 0.3) is 0 Å². The summed E-state index contributed by atoms with van der Waals surface area (Å²) >= 11 is 4.34. The summed E-state index contributed by atoms with van der Waals surface area (Å²) in [7, 11) is 1.47. The SMILES string of the molecule is CN(CCO)CC(C(N)=S)C(F)(F)F. The van der Waals surface area contributed by atoms with Crippen LogP contribution in [0, 0.1) is 5.92 Å². The number of nitrogens with two attached hydrogens (primary N) is 1. The molecule has 0 rings (SSSR count). The zero-order valence-electron chi connectivity index (χ0n) is 7.71. The predicted molar refractivity (Wildman–Crippen MR) is 50.9 cm³/mol. The predicted octanol–water partition coefficient (Wildman–Crippen LogP) is 0.375. The van der Waals surface area contributed by atoms with Crippen molar-refractivity contribution in [3.8, 4) is 0 Å². The van der Waals surface area contributed by atoms with Crippen molar-refractivity contribution < 1.29 is 18.3 Å². The van der Waals surface area contributed by atoms with Crippen LogP contribution < -0.4 is 5.73 Å². The lowest BCUT2D eigenvalue weighted by molar-refractivity contribution is -0.158. The first kappa shape index (κ1) is 13.6. The molecule has 0 aliphatic heterocycles. The van der Waals surface area contributed by atoms with Crippen LogP contribution in [0.2, 0.25) is 0 Å². The van der Waals surface area contributed by atoms with Crippen LogP contribution in [0.15, 0.2) is 0 Å². The van der Waals surface area contributed by atoms with Crippen molar-refractivity contribution in [1.29, 1.82) is 0 Å². The van der Waals surface area contributed by atoms with Gasteiger partial charge < -0.3 is 15.7 Å². The average molecular weight is 230 g/mol. The molecule has 0 aromatic rings. The standard InChI is InChI=1S/C7H13F3N2OS/c1-12(2-3-13)4-5(6(11)14)7(8,9)10/h5,13H,2-4H2,1H3,(H2,11,14). The van der Waals surface area contributed by atoms with E-state index in [0.29, 0.717) is 0 Å². The van der Waals surface area contributed by atoms with E-state index >= 15 is 0 Å². The van der Waals surface area contributed by atoms with Crippen LogP contribution in [-0.2, 0) is 0 Å². The molecule has 0 radical (unpaired) electrons. The van der Waals surface area contributed by atoms with E-state index in [4.69, 9.17) is 10.8 Å². The van der Waals surface area contributed by atoms with Gasteiger partial charge in [-0.05, 0) is 7.05 Å². The molecule has 1 atom stereocenters. The van der Waals surface area contributed by atoms with Crippen molar-refractivity contribution in [3.63, 3.8) is 0 Å². The molecule has 0 aliphatic carbocycles. The topological polar surface area (TPSA) is 49.5 Å². The summed E-state index contributed by atoms with van der Waals surface area (Å²) < 4.78 is 36.9. The molecule has 0 bridgehead atoms. The first-order valence-electron chi connectivity index (χ1n) is 3.94. The Morgan fingerprint density at radius 3 is 2.36 bits per heavy atom. The smallest absolute Gasteiger partial charge is 0.395 e. The third kappa shape index (κ3) is 4.73. The van der Waals surface area contributed by atoms with Gasteiger partial charge in [0.1, 0.15) is 5.92 Å². The van der Waals surface area contributed by atoms with Crippen molar-refractivity contribution in [2.45, 2.75) is 6.18 Å². The highest BCUT2D eigenvalue weighted by Gasteiger charge is 2.42. The number of thiocarbonyl (C=S) groups is 1. The average Bonchev–Trinajstić information content (AvgIpc) is 1.98. The van der Waals surface area contributed by atoms with E-state index in [-0.39, 0.29) is 19.7 Å². The van der Waals surface area contributed by atoms with Crippen LogP contribution in [0.1, 0.15) is 0 Å². The van der Waals surface area contributed by atoms with Crippen molar-refractivity contribution in [3.05, 3.63) is 0 Å². The van der Waals surface area contributed by atoms with E-state index in [1.807, 2.05) is 0 Å². The molecule has 7 heteroatoms. The monoisotopic (exact) mass is 230 g/mol. The molecule has 3 N–H and O–H groups in total. The van der Waals surface area contributed by atoms with E-state index < -0.39 is 17.1 Å². The summed E-state index contributed by atoms with van der Waals surface area (Å²) in [5.41, 5.74) is 4.99. The maximum atomic E-state index is 12.3. The van der Waals surface area contributed by atoms with Crippen LogP contribution in [0.3, 0.4) is 0 Å². The molecule has 14 heavy (non-hydrogen) atoms. The summed E-state index contributed by atoms with van der Waals surface area (Å²) in [5.74, 6) is -1.81. The Bertz CT molecular complexity index is 198. The first-order chi connectivity index (χ1) is 6.29. The van der Waals surface area contributed by atoms with Crippen LogP contribution in [0.5, 0.6) is 0 Å². The fraction of sp³-hybridized carbons (Fsp3) is 0.857. The summed E-state index contributed by atoms with van der Waals surface area (Å²) in [4.78, 5) is 0.763. The van der Waals surface area contributed by atoms with Crippen molar-refractivity contribution >= 4 is 17.2 Å². The Morgan fingerprint density at radius 2 is 2.07 bits per heavy atom. The lowest BCUT2D eigenvalue weighted by Crippen LogP contribution is -2.43. The number of likely N-dealkylation sites (N-methyl/N-ethyl adjacent to an activating group) is 1. The Balaban J connectivity index is 4.32. The minimum Gasteiger partial charge on any atom is -0.395 e. The Morgan fingerprint density at radius 1 is 1.57 bits per heavy atom. The molecule has 0 aliphatic rings. The molecule has 0 saturated carbocycles. The number of alkyl halides is 3. The number of nitrogens with zero attached hydrogens (tertiary/aromatic N) is 1. The molecule has 0 aromatic heterocycles. The van der Waals surface area contributed by atoms with Crippen LogP contribution in [0.4, 0.5) is 13.2 Å². The van der Waals surface area contributed by atoms with E-state index in [1.54, 1.807) is 0 Å². The van der Waals surface area contributed by atoms with Gasteiger partial charge >= 0.3 is 6.18 Å². The molecule has 0 aromatic carbocycles. The Labute approximate surface area is 85.7 Å². The highest BCUT2D eigenvalue weighted by atomic mass is 32.1. The number of rotatable bonds is 5. The van der Waals surface area contributed by atoms with Crippen LogP contribution >= 0.6 is 12.2 Å². The molecule has 0 spiro atoms. The van der Waals surface area contributed by atoms with Gasteiger partial charge in [-0.2, -0.15) is 13.2 Å². The van der Waals surface area contributed by atoms with Gasteiger partial charge in [0.05, 0.1) is 11.6 Å². The number of hydrogen-bond acceptors (Lipinski definition) is 3. The third-order valence-corrected chi connectivity index (χ3v) is 2.00. The number of aliphatic hydroxyl groups excluding tert-OH is 1. The molecule has 3 nitrogen and oxygen atoms in total. The van der Waals surface area contributed by atoms with Gasteiger partial charge in [0, 0.05) is 13.1 Å². The molecular weight excluding hydrogens is 217 g/mol. The van der Waals surface area contributed by atoms with Crippen molar-refractivity contribution in [1.82, 2.24) is 4.90 Å². The maximum Gasteiger partial charge on any atom is 0.399 e. The van der Waals surface area contributed by atoms with E-state index in [9.17, 15) is 13.2 Å². The molecule has 0 fully saturated rings. The first-order valence-corrected chi connectivity index (χ1v) is 4.35. The fourth-order valence-corrected chi connectivity index (χ4v) is 1.14. The number of hydrogen-bond donors (Lipinski definition) is 2. The molecule has 0 amide bonds. The van der Waals surface area contributed by atoms with Gasteiger partial charge in [-0.25, -0.2) is 0 Å². The van der Waals surface area contributed by atoms with E-state index in [1.165, 1.54) is 11.9 Å². The van der Waals surface area contributed by atoms with Gasteiger partial charge in [-0.15, -0.1) is 0 Å². The zero-order chi connectivity index (χ0) is 11.4. The summed E-state index contributed by atoms with van der Waals surface area (Å²) in [5, 5.41) is 8.50.